The summed E-state index contributed by atoms with van der Waals surface area (Å²) < 4.78 is 0. The summed E-state index contributed by atoms with van der Waals surface area (Å²) in [5.74, 6) is -0.375. The molecule has 0 aromatic carbocycles. The smallest absolute Gasteiger partial charge is 0.261 e. The van der Waals surface area contributed by atoms with E-state index in [1.165, 1.54) is 0 Å². The van der Waals surface area contributed by atoms with E-state index in [-0.39, 0.29) is 29.4 Å². The van der Waals surface area contributed by atoms with E-state index in [1.54, 1.807) is 24.8 Å². The SMILES string of the molecule is Cc1cc(C)c(C(=O)N2CCNC(=O)CC2)c(=O)[nH]1. The lowest BCUT2D eigenvalue weighted by atomic mass is 10.1. The van der Waals surface area contributed by atoms with Gasteiger partial charge in [-0.1, -0.05) is 0 Å². The van der Waals surface area contributed by atoms with Crippen molar-refractivity contribution >= 4 is 11.8 Å². The van der Waals surface area contributed by atoms with Crippen molar-refractivity contribution in [1.82, 2.24) is 15.2 Å². The monoisotopic (exact) mass is 263 g/mol. The molecular weight excluding hydrogens is 246 g/mol. The predicted octanol–water partition coefficient (Wildman–Crippen LogP) is -0.0462. The standard InChI is InChI=1S/C13H17N3O3/c1-8-7-9(2)15-12(18)11(8)13(19)16-5-3-10(17)14-4-6-16/h7H,3-6H2,1-2H3,(H,14,17)(H,15,18). The van der Waals surface area contributed by atoms with Gasteiger partial charge in [0.15, 0.2) is 0 Å². The van der Waals surface area contributed by atoms with Crippen molar-refractivity contribution in [3.8, 4) is 0 Å². The van der Waals surface area contributed by atoms with Gasteiger partial charge in [-0.05, 0) is 25.5 Å². The molecule has 2 heterocycles. The highest BCUT2D eigenvalue weighted by atomic mass is 16.2. The first kappa shape index (κ1) is 13.3. The zero-order valence-electron chi connectivity index (χ0n) is 11.1. The number of rotatable bonds is 1. The Balaban J connectivity index is 2.29. The summed E-state index contributed by atoms with van der Waals surface area (Å²) >= 11 is 0. The maximum absolute atomic E-state index is 12.4. The van der Waals surface area contributed by atoms with E-state index in [2.05, 4.69) is 10.3 Å². The predicted molar refractivity (Wildman–Crippen MR) is 70.1 cm³/mol. The number of aryl methyl sites for hydroxylation is 2. The van der Waals surface area contributed by atoms with Crippen LogP contribution in [0.15, 0.2) is 10.9 Å². The molecule has 0 aliphatic carbocycles. The Bertz CT molecular complexity index is 577. The van der Waals surface area contributed by atoms with Crippen molar-refractivity contribution in [2.75, 3.05) is 19.6 Å². The number of H-pyrrole nitrogens is 1. The third kappa shape index (κ3) is 2.83. The highest BCUT2D eigenvalue weighted by Gasteiger charge is 2.23. The molecule has 1 saturated heterocycles. The topological polar surface area (TPSA) is 82.3 Å². The second-order valence-corrected chi connectivity index (χ2v) is 4.73. The maximum atomic E-state index is 12.4. The number of aromatic amines is 1. The fourth-order valence-corrected chi connectivity index (χ4v) is 2.25. The minimum absolute atomic E-state index is 0.0650. The van der Waals surface area contributed by atoms with Crippen LogP contribution in [0.2, 0.25) is 0 Å². The van der Waals surface area contributed by atoms with Crippen LogP contribution in [-0.4, -0.2) is 41.3 Å². The molecule has 0 unspecified atom stereocenters. The van der Waals surface area contributed by atoms with E-state index in [0.29, 0.717) is 25.2 Å². The Hall–Kier alpha value is -2.11. The van der Waals surface area contributed by atoms with E-state index in [9.17, 15) is 14.4 Å². The molecule has 0 atom stereocenters. The van der Waals surface area contributed by atoms with Crippen molar-refractivity contribution in [3.63, 3.8) is 0 Å². The van der Waals surface area contributed by atoms with Gasteiger partial charge < -0.3 is 15.2 Å². The molecular formula is C13H17N3O3. The molecule has 1 fully saturated rings. The first-order chi connectivity index (χ1) is 8.99. The van der Waals surface area contributed by atoms with Crippen LogP contribution in [0.4, 0.5) is 0 Å². The zero-order chi connectivity index (χ0) is 14.0. The van der Waals surface area contributed by atoms with Gasteiger partial charge in [-0.2, -0.15) is 0 Å². The molecule has 2 rings (SSSR count). The molecule has 1 aliphatic heterocycles. The largest absolute Gasteiger partial charge is 0.354 e. The first-order valence-corrected chi connectivity index (χ1v) is 6.25. The van der Waals surface area contributed by atoms with Gasteiger partial charge in [0.2, 0.25) is 5.91 Å². The van der Waals surface area contributed by atoms with Crippen LogP contribution in [0.1, 0.15) is 28.0 Å². The molecule has 0 bridgehead atoms. The number of aromatic nitrogens is 1. The van der Waals surface area contributed by atoms with Gasteiger partial charge in [0.25, 0.3) is 11.5 Å². The van der Waals surface area contributed by atoms with Crippen molar-refractivity contribution in [3.05, 3.63) is 33.2 Å². The first-order valence-electron chi connectivity index (χ1n) is 6.25. The van der Waals surface area contributed by atoms with Crippen molar-refractivity contribution in [2.24, 2.45) is 0 Å². The lowest BCUT2D eigenvalue weighted by molar-refractivity contribution is -0.120. The molecule has 0 saturated carbocycles. The number of hydrogen-bond acceptors (Lipinski definition) is 3. The summed E-state index contributed by atoms with van der Waals surface area (Å²) in [7, 11) is 0. The molecule has 1 aliphatic rings. The number of pyridine rings is 1. The fraction of sp³-hybridized carbons (Fsp3) is 0.462. The third-order valence-corrected chi connectivity index (χ3v) is 3.18. The van der Waals surface area contributed by atoms with Crippen LogP contribution in [0, 0.1) is 13.8 Å². The lowest BCUT2D eigenvalue weighted by Crippen LogP contribution is -2.38. The minimum Gasteiger partial charge on any atom is -0.354 e. The average Bonchev–Trinajstić information content (AvgIpc) is 2.52. The maximum Gasteiger partial charge on any atom is 0.261 e. The average molecular weight is 263 g/mol. The number of hydrogen-bond donors (Lipinski definition) is 2. The highest BCUT2D eigenvalue weighted by molar-refractivity contribution is 5.95. The van der Waals surface area contributed by atoms with Crippen molar-refractivity contribution in [1.29, 1.82) is 0 Å². The Kier molecular flexibility index (Phi) is 3.69. The van der Waals surface area contributed by atoms with E-state index in [0.717, 1.165) is 5.69 Å². The molecule has 0 radical (unpaired) electrons. The second kappa shape index (κ2) is 5.26. The quantitative estimate of drug-likeness (QED) is 0.745. The molecule has 102 valence electrons. The molecule has 2 N–H and O–H groups in total. The van der Waals surface area contributed by atoms with E-state index >= 15 is 0 Å². The molecule has 1 aromatic rings. The molecule has 2 amide bonds. The highest BCUT2D eigenvalue weighted by Crippen LogP contribution is 2.08. The molecule has 19 heavy (non-hydrogen) atoms. The van der Waals surface area contributed by atoms with Gasteiger partial charge >= 0.3 is 0 Å². The van der Waals surface area contributed by atoms with Crippen LogP contribution in [0.3, 0.4) is 0 Å². The van der Waals surface area contributed by atoms with Gasteiger partial charge in [-0.15, -0.1) is 0 Å². The van der Waals surface area contributed by atoms with Crippen LogP contribution in [0.5, 0.6) is 0 Å². The van der Waals surface area contributed by atoms with Crippen LogP contribution in [0.25, 0.3) is 0 Å². The zero-order valence-corrected chi connectivity index (χ0v) is 11.1. The van der Waals surface area contributed by atoms with Gasteiger partial charge in [-0.3, -0.25) is 14.4 Å². The van der Waals surface area contributed by atoms with Gasteiger partial charge in [-0.25, -0.2) is 0 Å². The Morgan fingerprint density at radius 2 is 2.00 bits per heavy atom. The summed E-state index contributed by atoms with van der Waals surface area (Å²) in [4.78, 5) is 39.7. The third-order valence-electron chi connectivity index (χ3n) is 3.18. The van der Waals surface area contributed by atoms with Crippen LogP contribution in [-0.2, 0) is 4.79 Å². The molecule has 0 spiro atoms. The summed E-state index contributed by atoms with van der Waals surface area (Å²) in [6.07, 6.45) is 0.272. The van der Waals surface area contributed by atoms with Crippen molar-refractivity contribution < 1.29 is 9.59 Å². The van der Waals surface area contributed by atoms with Gasteiger partial charge in [0.1, 0.15) is 5.56 Å². The summed E-state index contributed by atoms with van der Waals surface area (Å²) in [6, 6.07) is 1.77. The Morgan fingerprint density at radius 3 is 2.68 bits per heavy atom. The van der Waals surface area contributed by atoms with E-state index in [1.807, 2.05) is 0 Å². The van der Waals surface area contributed by atoms with E-state index in [4.69, 9.17) is 0 Å². The molecule has 1 aromatic heterocycles. The fourth-order valence-electron chi connectivity index (χ4n) is 2.25. The van der Waals surface area contributed by atoms with E-state index < -0.39 is 0 Å². The summed E-state index contributed by atoms with van der Waals surface area (Å²) in [5, 5.41) is 2.70. The molecule has 6 nitrogen and oxygen atoms in total. The van der Waals surface area contributed by atoms with Gasteiger partial charge in [0, 0.05) is 31.7 Å². The Labute approximate surface area is 110 Å². The number of amides is 2. The minimum atomic E-state index is -0.369. The lowest BCUT2D eigenvalue weighted by Gasteiger charge is -2.20. The summed E-state index contributed by atoms with van der Waals surface area (Å²) in [5.41, 5.74) is 1.19. The summed E-state index contributed by atoms with van der Waals surface area (Å²) in [6.45, 7) is 4.72. The van der Waals surface area contributed by atoms with Crippen LogP contribution < -0.4 is 10.9 Å². The van der Waals surface area contributed by atoms with Crippen molar-refractivity contribution in [2.45, 2.75) is 20.3 Å². The second-order valence-electron chi connectivity index (χ2n) is 4.73. The van der Waals surface area contributed by atoms with Gasteiger partial charge in [0.05, 0.1) is 0 Å². The Morgan fingerprint density at radius 1 is 1.26 bits per heavy atom. The van der Waals surface area contributed by atoms with Crippen LogP contribution >= 0.6 is 0 Å². The normalized spacial score (nSPS) is 15.9. The molecule has 6 heteroatoms. The number of nitrogens with one attached hydrogen (secondary N) is 2. The number of carbonyl (C=O) groups is 2. The number of nitrogens with zero attached hydrogens (tertiary/aromatic N) is 1. The number of carbonyl (C=O) groups excluding carboxylic acids is 2.